The van der Waals surface area contributed by atoms with Crippen LogP contribution in [0.2, 0.25) is 0 Å². The van der Waals surface area contributed by atoms with E-state index in [4.69, 9.17) is 10.0 Å². The molecule has 1 aliphatic heterocycles. The van der Waals surface area contributed by atoms with E-state index < -0.39 is 7.12 Å². The van der Waals surface area contributed by atoms with E-state index in [1.807, 2.05) is 12.1 Å². The molecule has 1 saturated heterocycles. The molecule has 1 fully saturated rings. The molecule has 4 heteroatoms. The van der Waals surface area contributed by atoms with Gasteiger partial charge in [-0.05, 0) is 37.7 Å². The van der Waals surface area contributed by atoms with Crippen molar-refractivity contribution < 1.29 is 10.0 Å². The largest absolute Gasteiger partial charge is 0.488 e. The van der Waals surface area contributed by atoms with Gasteiger partial charge in [0.1, 0.15) is 0 Å². The van der Waals surface area contributed by atoms with Crippen LogP contribution >= 0.6 is 0 Å². The summed E-state index contributed by atoms with van der Waals surface area (Å²) in [6, 6.07) is 8.83. The zero-order chi connectivity index (χ0) is 13.1. The van der Waals surface area contributed by atoms with Crippen LogP contribution in [0.3, 0.4) is 0 Å². The Balaban J connectivity index is 2.03. The van der Waals surface area contributed by atoms with Crippen molar-refractivity contribution in [3.05, 3.63) is 29.8 Å². The number of likely N-dealkylation sites (tertiary alicyclic amines) is 1. The smallest absolute Gasteiger partial charge is 0.423 e. The van der Waals surface area contributed by atoms with Crippen molar-refractivity contribution in [1.29, 1.82) is 0 Å². The number of piperidine rings is 1. The van der Waals surface area contributed by atoms with Gasteiger partial charge >= 0.3 is 7.12 Å². The van der Waals surface area contributed by atoms with Gasteiger partial charge in [-0.2, -0.15) is 0 Å². The lowest BCUT2D eigenvalue weighted by molar-refractivity contribution is 0.0953. The van der Waals surface area contributed by atoms with Gasteiger partial charge in [-0.3, -0.25) is 4.90 Å². The Morgan fingerprint density at radius 1 is 1.11 bits per heavy atom. The molecule has 1 aliphatic rings. The molecule has 0 spiro atoms. The number of rotatable bonds is 3. The van der Waals surface area contributed by atoms with Gasteiger partial charge in [0.25, 0.3) is 0 Å². The number of benzene rings is 1. The van der Waals surface area contributed by atoms with Crippen LogP contribution in [0.25, 0.3) is 0 Å². The molecule has 0 amide bonds. The molecule has 2 N–H and O–H groups in total. The van der Waals surface area contributed by atoms with Gasteiger partial charge in [0.2, 0.25) is 0 Å². The molecule has 1 aromatic carbocycles. The van der Waals surface area contributed by atoms with Gasteiger partial charge in [-0.1, -0.05) is 30.7 Å². The molecule has 0 aliphatic carbocycles. The number of hydrogen-bond donors (Lipinski definition) is 2. The van der Waals surface area contributed by atoms with Gasteiger partial charge in [0, 0.05) is 18.6 Å². The van der Waals surface area contributed by atoms with Crippen LogP contribution in [-0.2, 0) is 6.54 Å². The first-order valence-electron chi connectivity index (χ1n) is 6.78. The van der Waals surface area contributed by atoms with Gasteiger partial charge in [0.05, 0.1) is 0 Å². The van der Waals surface area contributed by atoms with E-state index in [0.29, 0.717) is 17.5 Å². The van der Waals surface area contributed by atoms with E-state index >= 15 is 0 Å². The SMILES string of the molecule is CC1CCCC(C)N1Cc1ccc(B(O)O)cc1. The highest BCUT2D eigenvalue weighted by Gasteiger charge is 2.24. The fraction of sp³-hybridized carbons (Fsp3) is 0.571. The molecule has 18 heavy (non-hydrogen) atoms. The predicted molar refractivity (Wildman–Crippen MR) is 74.6 cm³/mol. The van der Waals surface area contributed by atoms with Gasteiger partial charge < -0.3 is 10.0 Å². The summed E-state index contributed by atoms with van der Waals surface area (Å²) in [7, 11) is -1.37. The van der Waals surface area contributed by atoms with Gasteiger partial charge in [-0.15, -0.1) is 0 Å². The third-order valence-corrected chi connectivity index (χ3v) is 4.02. The molecule has 2 unspecified atom stereocenters. The van der Waals surface area contributed by atoms with Crippen LogP contribution in [-0.4, -0.2) is 34.2 Å². The maximum absolute atomic E-state index is 9.07. The van der Waals surface area contributed by atoms with Crippen LogP contribution in [0.4, 0.5) is 0 Å². The first-order chi connectivity index (χ1) is 8.58. The van der Waals surface area contributed by atoms with Crippen molar-refractivity contribution in [3.8, 4) is 0 Å². The van der Waals surface area contributed by atoms with Crippen LogP contribution in [0.15, 0.2) is 24.3 Å². The van der Waals surface area contributed by atoms with E-state index in [-0.39, 0.29) is 0 Å². The molecule has 98 valence electrons. The van der Waals surface area contributed by atoms with Crippen molar-refractivity contribution in [2.75, 3.05) is 0 Å². The summed E-state index contributed by atoms with van der Waals surface area (Å²) in [5.41, 5.74) is 1.79. The molecular weight excluding hydrogens is 225 g/mol. The van der Waals surface area contributed by atoms with Crippen LogP contribution in [0, 0.1) is 0 Å². The normalized spacial score (nSPS) is 25.1. The first-order valence-corrected chi connectivity index (χ1v) is 6.78. The molecule has 3 nitrogen and oxygen atoms in total. The molecule has 2 atom stereocenters. The Bertz CT molecular complexity index is 370. The van der Waals surface area contributed by atoms with E-state index in [1.165, 1.54) is 24.8 Å². The summed E-state index contributed by atoms with van der Waals surface area (Å²) in [6.07, 6.45) is 3.88. The average Bonchev–Trinajstić information content (AvgIpc) is 2.34. The topological polar surface area (TPSA) is 43.7 Å². The van der Waals surface area contributed by atoms with E-state index in [9.17, 15) is 0 Å². The Labute approximate surface area is 110 Å². The van der Waals surface area contributed by atoms with Crippen molar-refractivity contribution in [2.45, 2.75) is 51.7 Å². The second-order valence-corrected chi connectivity index (χ2v) is 5.42. The van der Waals surface area contributed by atoms with Crippen LogP contribution < -0.4 is 5.46 Å². The molecule has 0 aromatic heterocycles. The highest BCUT2D eigenvalue weighted by atomic mass is 16.4. The minimum Gasteiger partial charge on any atom is -0.423 e. The number of hydrogen-bond acceptors (Lipinski definition) is 3. The second kappa shape index (κ2) is 5.87. The maximum atomic E-state index is 9.07. The molecule has 1 heterocycles. The summed E-state index contributed by atoms with van der Waals surface area (Å²) in [6.45, 7) is 5.53. The zero-order valence-electron chi connectivity index (χ0n) is 11.2. The minimum absolute atomic E-state index is 0.554. The Hall–Kier alpha value is -0.835. The summed E-state index contributed by atoms with van der Waals surface area (Å²) in [4.78, 5) is 2.54. The Morgan fingerprint density at radius 2 is 1.67 bits per heavy atom. The molecule has 1 aromatic rings. The van der Waals surface area contributed by atoms with Crippen LogP contribution in [0.1, 0.15) is 38.7 Å². The standard InChI is InChI=1S/C14H22BNO2/c1-11-4-3-5-12(2)16(11)10-13-6-8-14(9-7-13)15(17)18/h6-9,11-12,17-18H,3-5,10H2,1-2H3. The fourth-order valence-electron chi connectivity index (χ4n) is 2.79. The average molecular weight is 247 g/mol. The van der Waals surface area contributed by atoms with Gasteiger partial charge in [-0.25, -0.2) is 0 Å². The van der Waals surface area contributed by atoms with Crippen molar-refractivity contribution in [1.82, 2.24) is 4.90 Å². The van der Waals surface area contributed by atoms with Gasteiger partial charge in [0.15, 0.2) is 0 Å². The van der Waals surface area contributed by atoms with E-state index in [1.54, 1.807) is 12.1 Å². The van der Waals surface area contributed by atoms with Crippen molar-refractivity contribution in [2.24, 2.45) is 0 Å². The fourth-order valence-corrected chi connectivity index (χ4v) is 2.79. The maximum Gasteiger partial charge on any atom is 0.488 e. The zero-order valence-corrected chi connectivity index (χ0v) is 11.2. The number of nitrogens with zero attached hydrogens (tertiary/aromatic N) is 1. The van der Waals surface area contributed by atoms with Crippen molar-refractivity contribution >= 4 is 12.6 Å². The van der Waals surface area contributed by atoms with E-state index in [0.717, 1.165) is 6.54 Å². The quantitative estimate of drug-likeness (QED) is 0.787. The summed E-state index contributed by atoms with van der Waals surface area (Å²) >= 11 is 0. The summed E-state index contributed by atoms with van der Waals surface area (Å²) in [5, 5.41) is 18.1. The van der Waals surface area contributed by atoms with Crippen LogP contribution in [0.5, 0.6) is 0 Å². The van der Waals surface area contributed by atoms with Crippen molar-refractivity contribution in [3.63, 3.8) is 0 Å². The molecule has 2 rings (SSSR count). The third-order valence-electron chi connectivity index (χ3n) is 4.02. The van der Waals surface area contributed by atoms with E-state index in [2.05, 4.69) is 18.7 Å². The lowest BCUT2D eigenvalue weighted by Gasteiger charge is -2.39. The molecule has 0 saturated carbocycles. The highest BCUT2D eigenvalue weighted by Crippen LogP contribution is 2.24. The predicted octanol–water partition coefficient (Wildman–Crippen LogP) is 1.13. The monoisotopic (exact) mass is 247 g/mol. The lowest BCUT2D eigenvalue weighted by Crippen LogP contribution is -2.43. The molecule has 0 radical (unpaired) electrons. The summed E-state index contributed by atoms with van der Waals surface area (Å²) < 4.78 is 0. The molecular formula is C14H22BNO2. The third kappa shape index (κ3) is 3.13. The minimum atomic E-state index is -1.37. The highest BCUT2D eigenvalue weighted by molar-refractivity contribution is 6.58. The second-order valence-electron chi connectivity index (χ2n) is 5.42. The molecule has 0 bridgehead atoms. The first kappa shape index (κ1) is 13.6. The Morgan fingerprint density at radius 3 is 2.17 bits per heavy atom. The summed E-state index contributed by atoms with van der Waals surface area (Å²) in [5.74, 6) is 0. The lowest BCUT2D eigenvalue weighted by atomic mass is 9.80. The Kier molecular flexibility index (Phi) is 4.43.